The molecule has 1 aromatic heterocycles. The number of nitrogens with zero attached hydrogens (tertiary/aromatic N) is 5. The van der Waals surface area contributed by atoms with Crippen LogP contribution >= 0.6 is 0 Å². The number of amides is 4. The summed E-state index contributed by atoms with van der Waals surface area (Å²) in [5.41, 5.74) is 0.568. The summed E-state index contributed by atoms with van der Waals surface area (Å²) in [6.07, 6.45) is 2.18. The molecule has 1 unspecified atom stereocenters. The van der Waals surface area contributed by atoms with E-state index in [9.17, 15) is 19.5 Å². The lowest BCUT2D eigenvalue weighted by Gasteiger charge is -2.35. The summed E-state index contributed by atoms with van der Waals surface area (Å²) in [4.78, 5) is 41.1. The Labute approximate surface area is 204 Å². The number of carbonyl (C=O) groups excluding carboxylic acids is 2. The van der Waals surface area contributed by atoms with Crippen molar-refractivity contribution >= 4 is 42.7 Å². The first-order valence-corrected chi connectivity index (χ1v) is 15.6. The number of anilines is 1. The van der Waals surface area contributed by atoms with Crippen molar-refractivity contribution in [2.75, 3.05) is 31.3 Å². The van der Waals surface area contributed by atoms with Crippen molar-refractivity contribution < 1.29 is 28.6 Å². The Morgan fingerprint density at radius 2 is 2.00 bits per heavy atom. The lowest BCUT2D eigenvalue weighted by Crippen LogP contribution is -2.53. The molecular weight excluding hydrogens is 473 g/mol. The summed E-state index contributed by atoms with van der Waals surface area (Å²) in [6.45, 7) is 7.34. The number of ether oxygens (including phenoxy) is 1. The first kappa shape index (κ1) is 25.1. The fourth-order valence-electron chi connectivity index (χ4n) is 4.54. The predicted molar refractivity (Wildman–Crippen MR) is 130 cm³/mol. The third-order valence-electron chi connectivity index (χ3n) is 6.50. The molecule has 4 rings (SSSR count). The highest BCUT2D eigenvalue weighted by molar-refractivity contribution is 6.76. The minimum absolute atomic E-state index is 0.0367. The maximum atomic E-state index is 15.1. The van der Waals surface area contributed by atoms with E-state index in [1.807, 2.05) is 0 Å². The van der Waals surface area contributed by atoms with Crippen LogP contribution in [0.4, 0.5) is 19.7 Å². The SMILES string of the molecule is C[Si](C)(C)CCOCN1C(=O)CCN(c2c(F)ccc3c2cnn3C2CCCCN2C(=O)O)C1=O. The lowest BCUT2D eigenvalue weighted by atomic mass is 10.1. The molecule has 1 atom stereocenters. The summed E-state index contributed by atoms with van der Waals surface area (Å²) in [7, 11) is -1.33. The van der Waals surface area contributed by atoms with Gasteiger partial charge in [-0.25, -0.2) is 23.6 Å². The first-order chi connectivity index (χ1) is 16.6. The van der Waals surface area contributed by atoms with Gasteiger partial charge in [0.2, 0.25) is 5.91 Å². The van der Waals surface area contributed by atoms with E-state index in [0.29, 0.717) is 30.5 Å². The van der Waals surface area contributed by atoms with Gasteiger partial charge in [0.1, 0.15) is 18.7 Å². The lowest BCUT2D eigenvalue weighted by molar-refractivity contribution is -0.133. The number of benzene rings is 1. The molecule has 10 nitrogen and oxygen atoms in total. The predicted octanol–water partition coefficient (Wildman–Crippen LogP) is 4.31. The molecule has 0 spiro atoms. The molecule has 1 N–H and O–H groups in total. The van der Waals surface area contributed by atoms with E-state index in [2.05, 4.69) is 24.7 Å². The van der Waals surface area contributed by atoms with Gasteiger partial charge in [0.05, 0.1) is 17.4 Å². The van der Waals surface area contributed by atoms with E-state index >= 15 is 4.39 Å². The zero-order valence-corrected chi connectivity index (χ0v) is 21.4. The van der Waals surface area contributed by atoms with Crippen LogP contribution in [0.3, 0.4) is 0 Å². The van der Waals surface area contributed by atoms with Crippen molar-refractivity contribution in [1.29, 1.82) is 0 Å². The van der Waals surface area contributed by atoms with Gasteiger partial charge >= 0.3 is 12.1 Å². The van der Waals surface area contributed by atoms with Crippen molar-refractivity contribution in [3.63, 3.8) is 0 Å². The zero-order valence-electron chi connectivity index (χ0n) is 20.4. The van der Waals surface area contributed by atoms with E-state index in [1.165, 1.54) is 22.1 Å². The Balaban J connectivity index is 1.61. The normalized spacial score (nSPS) is 19.7. The molecule has 35 heavy (non-hydrogen) atoms. The second kappa shape index (κ2) is 9.94. The molecule has 0 saturated carbocycles. The van der Waals surface area contributed by atoms with Crippen LogP contribution < -0.4 is 4.90 Å². The summed E-state index contributed by atoms with van der Waals surface area (Å²) >= 11 is 0. The van der Waals surface area contributed by atoms with Gasteiger partial charge in [-0.05, 0) is 37.4 Å². The first-order valence-electron chi connectivity index (χ1n) is 11.9. The van der Waals surface area contributed by atoms with Gasteiger partial charge in [-0.1, -0.05) is 19.6 Å². The number of carboxylic acid groups (broad SMARTS) is 1. The fraction of sp³-hybridized carbons (Fsp3) is 0.565. The highest BCUT2D eigenvalue weighted by Crippen LogP contribution is 2.35. The fourth-order valence-corrected chi connectivity index (χ4v) is 5.30. The summed E-state index contributed by atoms with van der Waals surface area (Å²) < 4.78 is 22.3. The van der Waals surface area contributed by atoms with Crippen LogP contribution in [0.15, 0.2) is 18.3 Å². The molecule has 0 aliphatic carbocycles. The van der Waals surface area contributed by atoms with Crippen LogP contribution in [0, 0.1) is 5.82 Å². The number of urea groups is 1. The highest BCUT2D eigenvalue weighted by Gasteiger charge is 2.36. The molecule has 1 aromatic carbocycles. The van der Waals surface area contributed by atoms with Crippen LogP contribution in [-0.2, 0) is 9.53 Å². The Bertz CT molecular complexity index is 1130. The number of piperidine rings is 1. The van der Waals surface area contributed by atoms with E-state index in [-0.39, 0.29) is 31.3 Å². The molecule has 190 valence electrons. The van der Waals surface area contributed by atoms with Crippen LogP contribution in [0.1, 0.15) is 31.8 Å². The van der Waals surface area contributed by atoms with E-state index in [1.54, 1.807) is 10.7 Å². The Morgan fingerprint density at radius 3 is 2.71 bits per heavy atom. The van der Waals surface area contributed by atoms with Crippen LogP contribution in [0.5, 0.6) is 0 Å². The van der Waals surface area contributed by atoms with Crippen molar-refractivity contribution in [2.45, 2.75) is 57.5 Å². The summed E-state index contributed by atoms with van der Waals surface area (Å²) in [5.74, 6) is -0.972. The summed E-state index contributed by atoms with van der Waals surface area (Å²) in [5, 5.41) is 14.4. The van der Waals surface area contributed by atoms with Gasteiger partial charge in [-0.15, -0.1) is 0 Å². The van der Waals surface area contributed by atoms with Crippen LogP contribution in [0.2, 0.25) is 25.7 Å². The minimum atomic E-state index is -1.33. The van der Waals surface area contributed by atoms with Crippen molar-refractivity contribution in [2.24, 2.45) is 0 Å². The smallest absolute Gasteiger partial charge is 0.409 e. The number of halogens is 1. The molecule has 2 aliphatic rings. The van der Waals surface area contributed by atoms with E-state index in [0.717, 1.165) is 23.8 Å². The number of rotatable bonds is 7. The van der Waals surface area contributed by atoms with Crippen molar-refractivity contribution in [1.82, 2.24) is 19.6 Å². The highest BCUT2D eigenvalue weighted by atomic mass is 28.3. The molecule has 4 amide bonds. The zero-order chi connectivity index (χ0) is 25.3. The molecule has 0 bridgehead atoms. The van der Waals surface area contributed by atoms with Gasteiger partial charge in [-0.3, -0.25) is 14.6 Å². The molecule has 3 heterocycles. The Kier molecular flexibility index (Phi) is 7.13. The second-order valence-corrected chi connectivity index (χ2v) is 15.8. The number of fused-ring (bicyclic) bond motifs is 1. The molecule has 0 radical (unpaired) electrons. The number of hydrogen-bond acceptors (Lipinski definition) is 5. The number of aromatic nitrogens is 2. The van der Waals surface area contributed by atoms with Gasteiger partial charge < -0.3 is 9.84 Å². The van der Waals surface area contributed by atoms with Crippen molar-refractivity contribution in [3.05, 3.63) is 24.1 Å². The number of likely N-dealkylation sites (tertiary alicyclic amines) is 1. The molecular formula is C23H32FN5O5Si. The molecule has 2 aliphatic heterocycles. The van der Waals surface area contributed by atoms with Gasteiger partial charge in [0.15, 0.2) is 0 Å². The van der Waals surface area contributed by atoms with Crippen LogP contribution in [0.25, 0.3) is 10.9 Å². The average molecular weight is 506 g/mol. The van der Waals surface area contributed by atoms with Gasteiger partial charge in [-0.2, -0.15) is 5.10 Å². The maximum absolute atomic E-state index is 15.1. The molecule has 12 heteroatoms. The maximum Gasteiger partial charge on any atom is 0.409 e. The third kappa shape index (κ3) is 5.17. The van der Waals surface area contributed by atoms with Gasteiger partial charge in [0, 0.05) is 39.6 Å². The molecule has 2 saturated heterocycles. The number of imide groups is 1. The van der Waals surface area contributed by atoms with Crippen LogP contribution in [-0.4, -0.2) is 77.2 Å². The minimum Gasteiger partial charge on any atom is -0.465 e. The Hall–Kier alpha value is -2.99. The molecule has 2 aromatic rings. The standard InChI is InChI=1S/C23H32FN5O5Si/c1-35(2,3)13-12-34-15-28-20(30)9-11-27(22(28)31)21-16-14-25-29(18(16)8-7-17(21)24)19-6-4-5-10-26(19)23(32)33/h7-8,14,19H,4-6,9-13,15H2,1-3H3,(H,32,33). The third-order valence-corrected chi connectivity index (χ3v) is 8.20. The topological polar surface area (TPSA) is 108 Å². The monoisotopic (exact) mass is 505 g/mol. The Morgan fingerprint density at radius 1 is 1.23 bits per heavy atom. The number of hydrogen-bond donors (Lipinski definition) is 1. The largest absolute Gasteiger partial charge is 0.465 e. The number of carbonyl (C=O) groups is 3. The summed E-state index contributed by atoms with van der Waals surface area (Å²) in [6, 6.07) is 3.06. The molecule has 2 fully saturated rings. The van der Waals surface area contributed by atoms with E-state index in [4.69, 9.17) is 4.74 Å². The quantitative estimate of drug-likeness (QED) is 0.444. The van der Waals surface area contributed by atoms with Gasteiger partial charge in [0.25, 0.3) is 0 Å². The van der Waals surface area contributed by atoms with Crippen molar-refractivity contribution in [3.8, 4) is 0 Å². The second-order valence-electron chi connectivity index (χ2n) is 10.2. The average Bonchev–Trinajstić information content (AvgIpc) is 3.22. The van der Waals surface area contributed by atoms with E-state index < -0.39 is 32.2 Å².